The summed E-state index contributed by atoms with van der Waals surface area (Å²) < 4.78 is 32.7. The number of nitrogens with two attached hydrogens (primary N) is 1. The van der Waals surface area contributed by atoms with Gasteiger partial charge >= 0.3 is 19.8 Å². The van der Waals surface area contributed by atoms with Crippen molar-refractivity contribution in [1.29, 1.82) is 0 Å². The highest BCUT2D eigenvalue weighted by molar-refractivity contribution is 7.47. The number of carbonyl (C=O) groups is 2. The van der Waals surface area contributed by atoms with Crippen molar-refractivity contribution < 1.29 is 37.6 Å². The van der Waals surface area contributed by atoms with E-state index >= 15 is 0 Å². The number of carbonyl (C=O) groups excluding carboxylic acids is 2. The Morgan fingerprint density at radius 2 is 1.00 bits per heavy atom. The number of phosphoric acid groups is 1. The Hall–Kier alpha value is -1.77. The Morgan fingerprint density at radius 1 is 0.566 bits per heavy atom. The number of rotatable bonds is 40. The van der Waals surface area contributed by atoms with E-state index in [1.807, 2.05) is 0 Å². The molecule has 0 amide bonds. The molecule has 0 spiro atoms. The van der Waals surface area contributed by atoms with E-state index in [1.54, 1.807) is 0 Å². The second-order valence-electron chi connectivity index (χ2n) is 14.2. The quantitative estimate of drug-likeness (QED) is 0.0270. The Morgan fingerprint density at radius 3 is 1.51 bits per heavy atom. The summed E-state index contributed by atoms with van der Waals surface area (Å²) in [6.45, 7) is 3.67. The first-order chi connectivity index (χ1) is 25.8. The number of allylic oxidation sites excluding steroid dienone is 6. The van der Waals surface area contributed by atoms with Crippen LogP contribution >= 0.6 is 7.82 Å². The fourth-order valence-electron chi connectivity index (χ4n) is 5.79. The molecule has 0 aromatic rings. The van der Waals surface area contributed by atoms with Crippen molar-refractivity contribution in [2.75, 3.05) is 26.4 Å². The summed E-state index contributed by atoms with van der Waals surface area (Å²) in [5.41, 5.74) is 5.34. The summed E-state index contributed by atoms with van der Waals surface area (Å²) in [4.78, 5) is 34.8. The lowest BCUT2D eigenvalue weighted by molar-refractivity contribution is -0.161. The van der Waals surface area contributed by atoms with Crippen LogP contribution in [0.4, 0.5) is 0 Å². The molecule has 9 nitrogen and oxygen atoms in total. The van der Waals surface area contributed by atoms with Crippen molar-refractivity contribution in [2.45, 2.75) is 200 Å². The van der Waals surface area contributed by atoms with Crippen molar-refractivity contribution in [3.8, 4) is 0 Å². The monoisotopic (exact) mass is 770 g/mol. The molecule has 0 bridgehead atoms. The summed E-state index contributed by atoms with van der Waals surface area (Å²) in [5, 5.41) is 0. The number of esters is 2. The van der Waals surface area contributed by atoms with Gasteiger partial charge in [0.05, 0.1) is 13.2 Å². The van der Waals surface area contributed by atoms with E-state index in [9.17, 15) is 19.0 Å². The number of phosphoric ester groups is 1. The molecule has 310 valence electrons. The van der Waals surface area contributed by atoms with Gasteiger partial charge in [0, 0.05) is 19.4 Å². The highest BCUT2D eigenvalue weighted by Crippen LogP contribution is 2.43. The Kier molecular flexibility index (Phi) is 38.6. The molecule has 0 radical (unpaired) electrons. The van der Waals surface area contributed by atoms with Gasteiger partial charge in [-0.25, -0.2) is 4.57 Å². The molecular weight excluding hydrogens is 689 g/mol. The molecule has 0 aromatic carbocycles. The van der Waals surface area contributed by atoms with E-state index in [0.29, 0.717) is 6.42 Å². The predicted molar refractivity (Wildman–Crippen MR) is 220 cm³/mol. The van der Waals surface area contributed by atoms with Crippen molar-refractivity contribution in [3.05, 3.63) is 36.5 Å². The first-order valence-corrected chi connectivity index (χ1v) is 23.0. The van der Waals surface area contributed by atoms with Gasteiger partial charge in [0.1, 0.15) is 6.61 Å². The molecule has 0 aliphatic heterocycles. The molecule has 3 N–H and O–H groups in total. The topological polar surface area (TPSA) is 134 Å². The molecule has 2 atom stereocenters. The van der Waals surface area contributed by atoms with Crippen molar-refractivity contribution in [1.82, 2.24) is 0 Å². The van der Waals surface area contributed by atoms with E-state index in [0.717, 1.165) is 57.8 Å². The molecular formula is C43H80NO8P. The van der Waals surface area contributed by atoms with Crippen molar-refractivity contribution in [2.24, 2.45) is 5.73 Å². The van der Waals surface area contributed by atoms with Gasteiger partial charge in [-0.1, -0.05) is 153 Å². The van der Waals surface area contributed by atoms with Gasteiger partial charge in [0.25, 0.3) is 0 Å². The fourth-order valence-corrected chi connectivity index (χ4v) is 6.55. The minimum atomic E-state index is -4.39. The van der Waals surface area contributed by atoms with E-state index < -0.39 is 32.5 Å². The van der Waals surface area contributed by atoms with Gasteiger partial charge in [0.2, 0.25) is 0 Å². The molecule has 0 aromatic heterocycles. The van der Waals surface area contributed by atoms with Crippen LogP contribution in [0.5, 0.6) is 0 Å². The van der Waals surface area contributed by atoms with Crippen LogP contribution in [0, 0.1) is 0 Å². The third-order valence-electron chi connectivity index (χ3n) is 9.00. The number of hydrogen-bond acceptors (Lipinski definition) is 8. The van der Waals surface area contributed by atoms with Gasteiger partial charge in [-0.3, -0.25) is 18.6 Å². The molecule has 0 saturated carbocycles. The molecule has 0 aliphatic rings. The molecule has 1 unspecified atom stereocenters. The van der Waals surface area contributed by atoms with E-state index in [-0.39, 0.29) is 32.6 Å². The van der Waals surface area contributed by atoms with E-state index in [2.05, 4.69) is 50.3 Å². The zero-order valence-electron chi connectivity index (χ0n) is 34.0. The maximum absolute atomic E-state index is 12.5. The molecule has 0 rings (SSSR count). The van der Waals surface area contributed by atoms with E-state index in [1.165, 1.54) is 103 Å². The lowest BCUT2D eigenvalue weighted by Crippen LogP contribution is -2.29. The third kappa shape index (κ3) is 39.7. The zero-order chi connectivity index (χ0) is 38.9. The van der Waals surface area contributed by atoms with Gasteiger partial charge in [-0.05, 0) is 64.2 Å². The molecule has 0 fully saturated rings. The number of hydrogen-bond donors (Lipinski definition) is 2. The Balaban J connectivity index is 4.24. The molecule has 0 saturated heterocycles. The van der Waals surface area contributed by atoms with Crippen molar-refractivity contribution >= 4 is 19.8 Å². The highest BCUT2D eigenvalue weighted by Gasteiger charge is 2.25. The highest BCUT2D eigenvalue weighted by atomic mass is 31.2. The van der Waals surface area contributed by atoms with Gasteiger partial charge in [-0.2, -0.15) is 0 Å². The maximum Gasteiger partial charge on any atom is 0.472 e. The van der Waals surface area contributed by atoms with Crippen LogP contribution in [-0.4, -0.2) is 49.3 Å². The van der Waals surface area contributed by atoms with Crippen LogP contribution in [0.25, 0.3) is 0 Å². The SMILES string of the molecule is CCCCCCCC/C=C/CCCCCCCC(=O)OC[C@H](COP(=O)(O)OCCN)OC(=O)CCC/C=C/C/C=C/CCCCCCCCCCC. The number of ether oxygens (including phenoxy) is 2. The Bertz CT molecular complexity index is 970. The fraction of sp³-hybridized carbons (Fsp3) is 0.814. The summed E-state index contributed by atoms with van der Waals surface area (Å²) in [7, 11) is -4.39. The third-order valence-corrected chi connectivity index (χ3v) is 9.98. The average molecular weight is 770 g/mol. The standard InChI is InChI=1S/C43H80NO8P/c1-3-5-7-9-11-13-15-17-19-20-22-24-26-28-30-32-34-36-43(46)52-41(40-51-53(47,48)50-38-37-44)39-49-42(45)35-33-31-29-27-25-23-21-18-16-14-12-10-8-6-4-2/h18,21-22,24,28,30,41H,3-17,19-20,23,25-27,29,31-40,44H2,1-2H3,(H,47,48)/b21-18+,24-22+,30-28+/t41-/m1/s1. The minimum absolute atomic E-state index is 0.0460. The predicted octanol–water partition coefficient (Wildman–Crippen LogP) is 12.2. The molecule has 0 heterocycles. The summed E-state index contributed by atoms with van der Waals surface area (Å²) >= 11 is 0. The van der Waals surface area contributed by atoms with E-state index in [4.69, 9.17) is 24.3 Å². The first-order valence-electron chi connectivity index (χ1n) is 21.5. The lowest BCUT2D eigenvalue weighted by atomic mass is 10.1. The van der Waals surface area contributed by atoms with Crippen LogP contribution in [-0.2, 0) is 32.7 Å². The Labute approximate surface area is 324 Å². The zero-order valence-corrected chi connectivity index (χ0v) is 34.9. The molecule has 10 heteroatoms. The number of unbranched alkanes of at least 4 members (excludes halogenated alkanes) is 21. The summed E-state index contributed by atoms with van der Waals surface area (Å²) in [6, 6.07) is 0. The second kappa shape index (κ2) is 39.9. The average Bonchev–Trinajstić information content (AvgIpc) is 3.14. The van der Waals surface area contributed by atoms with Crippen LogP contribution in [0.15, 0.2) is 36.5 Å². The normalized spacial score (nSPS) is 13.7. The van der Waals surface area contributed by atoms with Crippen LogP contribution in [0.1, 0.15) is 194 Å². The van der Waals surface area contributed by atoms with Crippen molar-refractivity contribution in [3.63, 3.8) is 0 Å². The second-order valence-corrected chi connectivity index (χ2v) is 15.7. The van der Waals surface area contributed by atoms with Crippen LogP contribution in [0.2, 0.25) is 0 Å². The molecule has 0 aliphatic carbocycles. The minimum Gasteiger partial charge on any atom is -0.462 e. The molecule has 53 heavy (non-hydrogen) atoms. The van der Waals surface area contributed by atoms with Gasteiger partial charge in [-0.15, -0.1) is 0 Å². The first kappa shape index (κ1) is 51.2. The smallest absolute Gasteiger partial charge is 0.462 e. The summed E-state index contributed by atoms with van der Waals surface area (Å²) in [5.74, 6) is -0.889. The van der Waals surface area contributed by atoms with Crippen LogP contribution < -0.4 is 5.73 Å². The van der Waals surface area contributed by atoms with Gasteiger partial charge in [0.15, 0.2) is 6.10 Å². The van der Waals surface area contributed by atoms with Crippen LogP contribution in [0.3, 0.4) is 0 Å². The maximum atomic E-state index is 12.5. The lowest BCUT2D eigenvalue weighted by Gasteiger charge is -2.19. The largest absolute Gasteiger partial charge is 0.472 e. The summed E-state index contributed by atoms with van der Waals surface area (Å²) in [6.07, 6.45) is 43.2. The van der Waals surface area contributed by atoms with Gasteiger partial charge < -0.3 is 20.1 Å².